The summed E-state index contributed by atoms with van der Waals surface area (Å²) in [5.41, 5.74) is 10.5. The van der Waals surface area contributed by atoms with Crippen LogP contribution in [0.25, 0.3) is 34.4 Å². The smallest absolute Gasteiger partial charge is 0.0289 e. The summed E-state index contributed by atoms with van der Waals surface area (Å²) in [6.07, 6.45) is 4.47. The number of halogens is 1. The van der Waals surface area contributed by atoms with Gasteiger partial charge in [0, 0.05) is 5.33 Å². The van der Waals surface area contributed by atoms with Gasteiger partial charge in [-0.2, -0.15) is 0 Å². The molecule has 3 aromatic rings. The first-order valence-corrected chi connectivity index (χ1v) is 8.97. The van der Waals surface area contributed by atoms with E-state index in [4.69, 9.17) is 0 Å². The Kier molecular flexibility index (Phi) is 3.66. The predicted molar refractivity (Wildman–Crippen MR) is 104 cm³/mol. The van der Waals surface area contributed by atoms with Crippen LogP contribution in [0.3, 0.4) is 0 Å². The molecule has 0 bridgehead atoms. The highest BCUT2D eigenvalue weighted by Crippen LogP contribution is 2.43. The van der Waals surface area contributed by atoms with Gasteiger partial charge in [-0.25, -0.2) is 0 Å². The van der Waals surface area contributed by atoms with E-state index in [1.807, 2.05) is 0 Å². The van der Waals surface area contributed by atoms with E-state index in [1.54, 1.807) is 0 Å². The fourth-order valence-electron chi connectivity index (χ4n) is 3.44. The third-order valence-electron chi connectivity index (χ3n) is 4.55. The van der Waals surface area contributed by atoms with Crippen molar-refractivity contribution in [2.75, 3.05) is 0 Å². The molecule has 1 aliphatic rings. The van der Waals surface area contributed by atoms with Crippen molar-refractivity contribution in [3.8, 4) is 22.3 Å². The van der Waals surface area contributed by atoms with Crippen LogP contribution in [0.2, 0.25) is 0 Å². The molecule has 0 unspecified atom stereocenters. The van der Waals surface area contributed by atoms with E-state index in [2.05, 4.69) is 95.7 Å². The molecule has 0 radical (unpaired) electrons. The van der Waals surface area contributed by atoms with Crippen LogP contribution in [0.4, 0.5) is 0 Å². The first kappa shape index (κ1) is 14.5. The van der Waals surface area contributed by atoms with Crippen molar-refractivity contribution in [3.05, 3.63) is 82.9 Å². The summed E-state index contributed by atoms with van der Waals surface area (Å²) in [6, 6.07) is 21.8. The second kappa shape index (κ2) is 5.82. The lowest BCUT2D eigenvalue weighted by Crippen LogP contribution is -1.99. The SMILES string of the molecule is Cc1ccc(CBr)c2c1-c1ccccc1/C=C\c1ccccc1-2. The lowest BCUT2D eigenvalue weighted by molar-refractivity contribution is 1.36. The maximum Gasteiger partial charge on any atom is 0.0289 e. The average Bonchev–Trinajstić information content (AvgIpc) is 2.59. The van der Waals surface area contributed by atoms with Crippen molar-refractivity contribution in [3.63, 3.8) is 0 Å². The highest BCUT2D eigenvalue weighted by molar-refractivity contribution is 9.08. The van der Waals surface area contributed by atoms with Gasteiger partial charge >= 0.3 is 0 Å². The normalized spacial score (nSPS) is 13.3. The molecule has 3 aromatic carbocycles. The van der Waals surface area contributed by atoms with E-state index in [0.29, 0.717) is 0 Å². The van der Waals surface area contributed by atoms with Gasteiger partial charge < -0.3 is 0 Å². The van der Waals surface area contributed by atoms with Crippen molar-refractivity contribution < 1.29 is 0 Å². The van der Waals surface area contributed by atoms with Crippen LogP contribution in [0, 0.1) is 6.92 Å². The summed E-state index contributed by atoms with van der Waals surface area (Å²) in [6.45, 7) is 2.21. The molecule has 0 amide bonds. The van der Waals surface area contributed by atoms with E-state index in [0.717, 1.165) is 5.33 Å². The largest absolute Gasteiger partial charge is 0.0876 e. The van der Waals surface area contributed by atoms with Crippen LogP contribution in [0.5, 0.6) is 0 Å². The topological polar surface area (TPSA) is 0 Å². The number of benzene rings is 3. The molecular weight excluding hydrogens is 344 g/mol. The zero-order chi connectivity index (χ0) is 15.8. The maximum atomic E-state index is 3.68. The van der Waals surface area contributed by atoms with Gasteiger partial charge in [0.2, 0.25) is 0 Å². The predicted octanol–water partition coefficient (Wildman–Crippen LogP) is 6.71. The zero-order valence-corrected chi connectivity index (χ0v) is 14.6. The van der Waals surface area contributed by atoms with E-state index in [-0.39, 0.29) is 0 Å². The van der Waals surface area contributed by atoms with Gasteiger partial charge in [0.1, 0.15) is 0 Å². The van der Waals surface area contributed by atoms with Crippen LogP contribution < -0.4 is 0 Å². The minimum atomic E-state index is 0.857. The highest BCUT2D eigenvalue weighted by atomic mass is 79.9. The Labute approximate surface area is 145 Å². The monoisotopic (exact) mass is 360 g/mol. The van der Waals surface area contributed by atoms with Crippen molar-refractivity contribution in [1.82, 2.24) is 0 Å². The third-order valence-corrected chi connectivity index (χ3v) is 5.15. The number of alkyl halides is 1. The van der Waals surface area contributed by atoms with Crippen LogP contribution >= 0.6 is 15.9 Å². The molecule has 112 valence electrons. The zero-order valence-electron chi connectivity index (χ0n) is 13.0. The van der Waals surface area contributed by atoms with Crippen molar-refractivity contribution >= 4 is 28.1 Å². The maximum absolute atomic E-state index is 3.68. The van der Waals surface area contributed by atoms with Gasteiger partial charge in [-0.1, -0.05) is 88.7 Å². The number of rotatable bonds is 1. The number of aryl methyl sites for hydroxylation is 1. The second-order valence-electron chi connectivity index (χ2n) is 5.93. The fraction of sp³-hybridized carbons (Fsp3) is 0.0909. The molecular formula is C22H17Br. The van der Waals surface area contributed by atoms with Crippen LogP contribution in [-0.2, 0) is 5.33 Å². The summed E-state index contributed by atoms with van der Waals surface area (Å²) >= 11 is 3.68. The summed E-state index contributed by atoms with van der Waals surface area (Å²) in [4.78, 5) is 0. The van der Waals surface area contributed by atoms with Crippen molar-refractivity contribution in [2.24, 2.45) is 0 Å². The van der Waals surface area contributed by atoms with Crippen LogP contribution in [0.15, 0.2) is 60.7 Å². The quantitative estimate of drug-likeness (QED) is 0.331. The second-order valence-corrected chi connectivity index (χ2v) is 6.49. The molecule has 0 N–H and O–H groups in total. The Morgan fingerprint density at radius 3 is 1.87 bits per heavy atom. The lowest BCUT2D eigenvalue weighted by Gasteiger charge is -2.22. The summed E-state index contributed by atoms with van der Waals surface area (Å²) in [7, 11) is 0. The molecule has 0 atom stereocenters. The van der Waals surface area contributed by atoms with Gasteiger partial charge in [-0.3, -0.25) is 0 Å². The van der Waals surface area contributed by atoms with E-state index in [1.165, 1.54) is 44.5 Å². The fourth-order valence-corrected chi connectivity index (χ4v) is 3.90. The first-order chi connectivity index (χ1) is 11.3. The Balaban J connectivity index is 2.20. The standard InChI is InChI=1S/C22H17Br/c1-15-10-11-18(14-23)22-20-9-5-3-7-17(20)13-12-16-6-2-4-8-19(16)21(15)22/h2-13H,14H2,1H3/b13-12-,16-12?,17-13?,21-19?,22-20?. The van der Waals surface area contributed by atoms with E-state index in [9.17, 15) is 0 Å². The van der Waals surface area contributed by atoms with Crippen LogP contribution in [-0.4, -0.2) is 0 Å². The Hall–Kier alpha value is -2.12. The Bertz CT molecular complexity index is 919. The molecule has 0 aliphatic heterocycles. The molecule has 23 heavy (non-hydrogen) atoms. The van der Waals surface area contributed by atoms with Crippen LogP contribution in [0.1, 0.15) is 22.3 Å². The van der Waals surface area contributed by atoms with E-state index < -0.39 is 0 Å². The highest BCUT2D eigenvalue weighted by Gasteiger charge is 2.19. The van der Waals surface area contributed by atoms with Gasteiger partial charge in [-0.05, 0) is 51.4 Å². The van der Waals surface area contributed by atoms with Crippen molar-refractivity contribution in [1.29, 1.82) is 0 Å². The molecule has 4 rings (SSSR count). The molecule has 0 aromatic heterocycles. The molecule has 1 heteroatoms. The summed E-state index contributed by atoms with van der Waals surface area (Å²) < 4.78 is 0. The molecule has 0 heterocycles. The van der Waals surface area contributed by atoms with Gasteiger partial charge in [0.15, 0.2) is 0 Å². The first-order valence-electron chi connectivity index (χ1n) is 7.85. The van der Waals surface area contributed by atoms with E-state index >= 15 is 0 Å². The molecule has 0 fully saturated rings. The molecule has 0 saturated carbocycles. The Morgan fingerprint density at radius 2 is 1.26 bits per heavy atom. The minimum absolute atomic E-state index is 0.857. The summed E-state index contributed by atoms with van der Waals surface area (Å²) in [5, 5.41) is 0.857. The molecule has 0 saturated heterocycles. The number of hydrogen-bond acceptors (Lipinski definition) is 0. The number of fused-ring (bicyclic) bond motifs is 5. The Morgan fingerprint density at radius 1 is 0.696 bits per heavy atom. The van der Waals surface area contributed by atoms with Gasteiger partial charge in [-0.15, -0.1) is 0 Å². The molecule has 0 spiro atoms. The average molecular weight is 361 g/mol. The van der Waals surface area contributed by atoms with Gasteiger partial charge in [0.05, 0.1) is 0 Å². The minimum Gasteiger partial charge on any atom is -0.0876 e. The molecule has 0 nitrogen and oxygen atoms in total. The van der Waals surface area contributed by atoms with Gasteiger partial charge in [0.25, 0.3) is 0 Å². The lowest BCUT2D eigenvalue weighted by atomic mass is 9.83. The van der Waals surface area contributed by atoms with Crippen molar-refractivity contribution in [2.45, 2.75) is 12.3 Å². The molecule has 1 aliphatic carbocycles. The number of hydrogen-bond donors (Lipinski definition) is 0. The summed E-state index contributed by atoms with van der Waals surface area (Å²) in [5.74, 6) is 0. The third kappa shape index (κ3) is 2.36.